The lowest BCUT2D eigenvalue weighted by molar-refractivity contribution is 0.0265. The minimum Gasteiger partial charge on any atom is -0.393 e. The van der Waals surface area contributed by atoms with Gasteiger partial charge in [-0.1, -0.05) is 11.6 Å². The van der Waals surface area contributed by atoms with Gasteiger partial charge in [0.2, 0.25) is 0 Å². The molecule has 1 saturated carbocycles. The first-order chi connectivity index (χ1) is 8.47. The number of hydrogen-bond donors (Lipinski definition) is 2. The third-order valence-electron chi connectivity index (χ3n) is 3.21. The van der Waals surface area contributed by atoms with E-state index < -0.39 is 0 Å². The summed E-state index contributed by atoms with van der Waals surface area (Å²) in [4.78, 5) is 17.6. The van der Waals surface area contributed by atoms with Crippen molar-refractivity contribution in [3.63, 3.8) is 0 Å². The number of halogens is 1. The number of pyridine rings is 1. The van der Waals surface area contributed by atoms with Gasteiger partial charge < -0.3 is 15.7 Å². The minimum absolute atomic E-state index is 0.134. The molecule has 0 saturated heterocycles. The van der Waals surface area contributed by atoms with E-state index in [1.807, 2.05) is 0 Å². The van der Waals surface area contributed by atoms with Gasteiger partial charge in [0, 0.05) is 19.8 Å². The first-order valence-electron chi connectivity index (χ1n) is 5.82. The van der Waals surface area contributed by atoms with Gasteiger partial charge in [-0.15, -0.1) is 0 Å². The van der Waals surface area contributed by atoms with Crippen LogP contribution in [0.1, 0.15) is 23.2 Å². The normalized spacial score (nSPS) is 22.4. The van der Waals surface area contributed by atoms with Crippen LogP contribution in [0, 0.1) is 5.92 Å². The molecule has 1 amide bonds. The Bertz CT molecular complexity index is 461. The van der Waals surface area contributed by atoms with E-state index in [9.17, 15) is 9.90 Å². The largest absolute Gasteiger partial charge is 0.393 e. The molecule has 0 radical (unpaired) electrons. The zero-order chi connectivity index (χ0) is 13.3. The van der Waals surface area contributed by atoms with Crippen LogP contribution in [0.15, 0.2) is 12.3 Å². The first kappa shape index (κ1) is 13.1. The van der Waals surface area contributed by atoms with Crippen LogP contribution in [0.5, 0.6) is 0 Å². The van der Waals surface area contributed by atoms with Crippen molar-refractivity contribution in [1.29, 1.82) is 0 Å². The highest BCUT2D eigenvalue weighted by molar-refractivity contribution is 6.33. The van der Waals surface area contributed by atoms with Crippen molar-refractivity contribution in [3.05, 3.63) is 22.8 Å². The van der Waals surface area contributed by atoms with Crippen molar-refractivity contribution in [3.8, 4) is 0 Å². The zero-order valence-corrected chi connectivity index (χ0v) is 10.9. The third kappa shape index (κ3) is 2.73. The topological polar surface area (TPSA) is 79.5 Å². The molecule has 0 aromatic carbocycles. The van der Waals surface area contributed by atoms with Crippen molar-refractivity contribution >= 4 is 23.3 Å². The van der Waals surface area contributed by atoms with Crippen LogP contribution in [0.4, 0.5) is 5.82 Å². The quantitative estimate of drug-likeness (QED) is 0.863. The van der Waals surface area contributed by atoms with E-state index in [2.05, 4.69) is 4.98 Å². The molecule has 1 heterocycles. The summed E-state index contributed by atoms with van der Waals surface area (Å²) in [5.74, 6) is 0.468. The average molecular weight is 270 g/mol. The van der Waals surface area contributed by atoms with Gasteiger partial charge in [-0.2, -0.15) is 0 Å². The van der Waals surface area contributed by atoms with Crippen LogP contribution in [0.3, 0.4) is 0 Å². The molecule has 0 unspecified atom stereocenters. The maximum atomic E-state index is 12.1. The van der Waals surface area contributed by atoms with Crippen LogP contribution in [-0.4, -0.2) is 40.6 Å². The summed E-state index contributed by atoms with van der Waals surface area (Å²) < 4.78 is 0. The highest BCUT2D eigenvalue weighted by Gasteiger charge is 2.29. The molecule has 0 bridgehead atoms. The lowest BCUT2D eigenvalue weighted by atomic mass is 9.82. The molecule has 0 aliphatic heterocycles. The van der Waals surface area contributed by atoms with Crippen molar-refractivity contribution in [1.82, 2.24) is 9.88 Å². The molecule has 98 valence electrons. The number of carbonyl (C=O) groups excluding carboxylic acids is 1. The zero-order valence-electron chi connectivity index (χ0n) is 10.1. The van der Waals surface area contributed by atoms with Gasteiger partial charge >= 0.3 is 0 Å². The number of hydrogen-bond acceptors (Lipinski definition) is 4. The van der Waals surface area contributed by atoms with Crippen LogP contribution in [-0.2, 0) is 0 Å². The van der Waals surface area contributed by atoms with E-state index in [4.69, 9.17) is 17.3 Å². The van der Waals surface area contributed by atoms with E-state index in [0.717, 1.165) is 12.8 Å². The fourth-order valence-corrected chi connectivity index (χ4v) is 2.27. The van der Waals surface area contributed by atoms with E-state index in [1.54, 1.807) is 11.9 Å². The Labute approximate surface area is 111 Å². The molecule has 1 aliphatic carbocycles. The first-order valence-corrected chi connectivity index (χ1v) is 6.19. The van der Waals surface area contributed by atoms with Crippen molar-refractivity contribution in [2.75, 3.05) is 19.3 Å². The second kappa shape index (κ2) is 5.12. The van der Waals surface area contributed by atoms with Gasteiger partial charge in [-0.25, -0.2) is 4.98 Å². The Morgan fingerprint density at radius 1 is 1.67 bits per heavy atom. The summed E-state index contributed by atoms with van der Waals surface area (Å²) in [6.07, 6.45) is 2.75. The molecule has 3 N–H and O–H groups in total. The van der Waals surface area contributed by atoms with Crippen LogP contribution in [0.25, 0.3) is 0 Å². The van der Waals surface area contributed by atoms with Crippen LogP contribution in [0.2, 0.25) is 5.02 Å². The third-order valence-corrected chi connectivity index (χ3v) is 3.51. The molecule has 5 nitrogen and oxygen atoms in total. The van der Waals surface area contributed by atoms with Gasteiger partial charge in [-0.05, 0) is 24.8 Å². The van der Waals surface area contributed by atoms with E-state index >= 15 is 0 Å². The Morgan fingerprint density at radius 3 is 2.89 bits per heavy atom. The average Bonchev–Trinajstić information content (AvgIpc) is 2.29. The number of aliphatic hydroxyl groups is 1. The number of nitrogens with two attached hydrogens (primary N) is 1. The van der Waals surface area contributed by atoms with E-state index in [1.165, 1.54) is 12.3 Å². The molecule has 0 atom stereocenters. The van der Waals surface area contributed by atoms with Crippen LogP contribution < -0.4 is 5.73 Å². The smallest absolute Gasteiger partial charge is 0.255 e. The molecule has 1 fully saturated rings. The minimum atomic E-state index is -0.203. The lowest BCUT2D eigenvalue weighted by Crippen LogP contribution is -2.39. The molecule has 1 aliphatic rings. The second-order valence-corrected chi connectivity index (χ2v) is 5.18. The van der Waals surface area contributed by atoms with Gasteiger partial charge in [0.05, 0.1) is 16.7 Å². The van der Waals surface area contributed by atoms with Gasteiger partial charge in [-0.3, -0.25) is 4.79 Å². The van der Waals surface area contributed by atoms with E-state index in [0.29, 0.717) is 18.0 Å². The Morgan fingerprint density at radius 2 is 2.33 bits per heavy atom. The highest BCUT2D eigenvalue weighted by atomic mass is 35.5. The van der Waals surface area contributed by atoms with Gasteiger partial charge in [0.25, 0.3) is 5.91 Å². The second-order valence-electron chi connectivity index (χ2n) is 4.77. The number of anilines is 1. The molecule has 6 heteroatoms. The summed E-state index contributed by atoms with van der Waals surface area (Å²) in [6.45, 7) is 0.637. The van der Waals surface area contributed by atoms with Crippen molar-refractivity contribution in [2.45, 2.75) is 18.9 Å². The summed E-state index contributed by atoms with van der Waals surface area (Å²) in [6, 6.07) is 1.53. The summed E-state index contributed by atoms with van der Waals surface area (Å²) in [5.41, 5.74) is 5.92. The Hall–Kier alpha value is -1.33. The standard InChI is InChI=1S/C12H16ClN3O2/c1-16(6-7-2-9(17)3-7)12(18)8-4-10(13)11(14)15-5-8/h4-5,7,9,17H,2-3,6H2,1H3,(H2,14,15). The molecular formula is C12H16ClN3O2. The SMILES string of the molecule is CN(CC1CC(O)C1)C(=O)c1cnc(N)c(Cl)c1. The van der Waals surface area contributed by atoms with Gasteiger partial charge in [0.1, 0.15) is 5.82 Å². The number of carbonyl (C=O) groups is 1. The summed E-state index contributed by atoms with van der Waals surface area (Å²) in [5, 5.41) is 9.49. The molecule has 1 aromatic heterocycles. The van der Waals surface area contributed by atoms with Crippen molar-refractivity contribution < 1.29 is 9.90 Å². The molecule has 2 rings (SSSR count). The fourth-order valence-electron chi connectivity index (χ4n) is 2.11. The van der Waals surface area contributed by atoms with Gasteiger partial charge in [0.15, 0.2) is 0 Å². The molecule has 1 aromatic rings. The molecule has 18 heavy (non-hydrogen) atoms. The lowest BCUT2D eigenvalue weighted by Gasteiger charge is -2.34. The molecule has 0 spiro atoms. The van der Waals surface area contributed by atoms with E-state index in [-0.39, 0.29) is 22.9 Å². The Kier molecular flexibility index (Phi) is 3.73. The molecular weight excluding hydrogens is 254 g/mol. The number of nitrogen functional groups attached to an aromatic ring is 1. The maximum Gasteiger partial charge on any atom is 0.255 e. The number of nitrogens with zero attached hydrogens (tertiary/aromatic N) is 2. The number of rotatable bonds is 3. The van der Waals surface area contributed by atoms with Crippen molar-refractivity contribution in [2.24, 2.45) is 5.92 Å². The number of amides is 1. The highest BCUT2D eigenvalue weighted by Crippen LogP contribution is 2.28. The Balaban J connectivity index is 1.99. The monoisotopic (exact) mass is 269 g/mol. The maximum absolute atomic E-state index is 12.1. The van der Waals surface area contributed by atoms with Crippen LogP contribution >= 0.6 is 11.6 Å². The number of aliphatic hydroxyl groups excluding tert-OH is 1. The summed E-state index contributed by atoms with van der Waals surface area (Å²) >= 11 is 5.83. The predicted molar refractivity (Wildman–Crippen MR) is 69.4 cm³/mol. The summed E-state index contributed by atoms with van der Waals surface area (Å²) in [7, 11) is 1.73. The number of aromatic nitrogens is 1. The predicted octanol–water partition coefficient (Wildman–Crippen LogP) is 1.16. The fraction of sp³-hybridized carbons (Fsp3) is 0.500.